The number of carbonyl (C=O) groups excluding carboxylic acids is 6. The summed E-state index contributed by atoms with van der Waals surface area (Å²) in [6.45, 7) is 12.0. The Morgan fingerprint density at radius 3 is 2.19 bits per heavy atom. The third kappa shape index (κ3) is 7.38. The molecule has 0 aromatic heterocycles. The van der Waals surface area contributed by atoms with Gasteiger partial charge in [-0.25, -0.2) is 0 Å². The Balaban J connectivity index is 0.848. The van der Waals surface area contributed by atoms with Crippen molar-refractivity contribution < 1.29 is 28.8 Å². The van der Waals surface area contributed by atoms with Gasteiger partial charge < -0.3 is 20.4 Å². The van der Waals surface area contributed by atoms with Gasteiger partial charge >= 0.3 is 0 Å². The maximum absolute atomic E-state index is 13.4. The van der Waals surface area contributed by atoms with Crippen molar-refractivity contribution >= 4 is 41.1 Å². The van der Waals surface area contributed by atoms with Crippen molar-refractivity contribution in [2.24, 2.45) is 16.7 Å². The van der Waals surface area contributed by atoms with Crippen LogP contribution < -0.4 is 16.0 Å². The SMILES string of the molecule is CC1(C)CC(C)(C)C1NC(=O)c1ccc(C#CC2CCN(C3CCN(C(=O)CNc4cccc5c4C(=O)N(C4CCC(=O)NC4=O)C5=O)CC3)CC2)cc1. The number of nitrogens with one attached hydrogen (secondary N) is 3. The second kappa shape index (κ2) is 14.7. The number of piperidine rings is 3. The lowest BCUT2D eigenvalue weighted by atomic mass is 9.52. The van der Waals surface area contributed by atoms with Crippen molar-refractivity contribution in [1.29, 1.82) is 0 Å². The van der Waals surface area contributed by atoms with Gasteiger partial charge in [-0.2, -0.15) is 0 Å². The van der Waals surface area contributed by atoms with E-state index >= 15 is 0 Å². The molecule has 5 aliphatic rings. The van der Waals surface area contributed by atoms with Crippen LogP contribution in [0.1, 0.15) is 109 Å². The summed E-state index contributed by atoms with van der Waals surface area (Å²) >= 11 is 0. The Morgan fingerprint density at radius 1 is 0.852 bits per heavy atom. The van der Waals surface area contributed by atoms with Crippen LogP contribution in [0.15, 0.2) is 42.5 Å². The molecular formula is C42H50N6O6. The van der Waals surface area contributed by atoms with Crippen molar-refractivity contribution in [3.63, 3.8) is 0 Å². The summed E-state index contributed by atoms with van der Waals surface area (Å²) in [6, 6.07) is 11.9. The van der Waals surface area contributed by atoms with Crippen LogP contribution >= 0.6 is 0 Å². The quantitative estimate of drug-likeness (QED) is 0.288. The highest BCUT2D eigenvalue weighted by Crippen LogP contribution is 2.53. The summed E-state index contributed by atoms with van der Waals surface area (Å²) in [5, 5.41) is 8.53. The van der Waals surface area contributed by atoms with E-state index in [1.54, 1.807) is 12.1 Å². The van der Waals surface area contributed by atoms with Crippen LogP contribution in [0.2, 0.25) is 0 Å². The molecule has 2 aromatic carbocycles. The maximum atomic E-state index is 13.4. The smallest absolute Gasteiger partial charge is 0.264 e. The predicted octanol–water partition coefficient (Wildman–Crippen LogP) is 3.81. The molecule has 54 heavy (non-hydrogen) atoms. The third-order valence-corrected chi connectivity index (χ3v) is 12.1. The van der Waals surface area contributed by atoms with E-state index in [9.17, 15) is 28.8 Å². The molecule has 1 aliphatic carbocycles. The summed E-state index contributed by atoms with van der Waals surface area (Å²) in [7, 11) is 0. The molecular weight excluding hydrogens is 684 g/mol. The molecule has 4 aliphatic heterocycles. The molecule has 12 heteroatoms. The standard InChI is InChI=1S/C42H50N6O6/c1-41(2)25-42(3,4)40(41)45-36(51)28-12-10-26(11-13-28)8-9-27-16-20-46(21-17-27)29-18-22-47(23-19-29)34(50)24-43-31-7-5-6-30-35(31)39(54)48(38(30)53)32-14-15-33(49)44-37(32)52/h5-7,10-13,27,29,32,40,43H,14-25H2,1-4H3,(H,45,51)(H,44,49,52). The van der Waals surface area contributed by atoms with Crippen molar-refractivity contribution in [2.75, 3.05) is 38.0 Å². The molecule has 1 atom stereocenters. The lowest BCUT2D eigenvalue weighted by molar-refractivity contribution is -0.136. The maximum Gasteiger partial charge on any atom is 0.264 e. The van der Waals surface area contributed by atoms with E-state index in [1.165, 1.54) is 6.07 Å². The van der Waals surface area contributed by atoms with Crippen LogP contribution in [0, 0.1) is 28.6 Å². The van der Waals surface area contributed by atoms with Gasteiger partial charge in [-0.1, -0.05) is 45.6 Å². The molecule has 284 valence electrons. The van der Waals surface area contributed by atoms with Gasteiger partial charge in [0.1, 0.15) is 6.04 Å². The number of hydrogen-bond acceptors (Lipinski definition) is 8. The average molecular weight is 735 g/mol. The highest BCUT2D eigenvalue weighted by molar-refractivity contribution is 6.25. The molecule has 4 fully saturated rings. The second-order valence-corrected chi connectivity index (χ2v) is 16.9. The molecule has 3 N–H and O–H groups in total. The largest absolute Gasteiger partial charge is 0.375 e. The number of imide groups is 2. The highest BCUT2D eigenvalue weighted by Gasteiger charge is 2.53. The lowest BCUT2D eigenvalue weighted by Gasteiger charge is -2.57. The number of hydrogen-bond donors (Lipinski definition) is 3. The summed E-state index contributed by atoms with van der Waals surface area (Å²) in [6.07, 6.45) is 4.96. The first-order valence-electron chi connectivity index (χ1n) is 19.2. The number of fused-ring (bicyclic) bond motifs is 1. The van der Waals surface area contributed by atoms with Crippen LogP contribution in [0.4, 0.5) is 5.69 Å². The number of amides is 6. The Morgan fingerprint density at radius 2 is 1.54 bits per heavy atom. The van der Waals surface area contributed by atoms with Gasteiger partial charge in [0.15, 0.2) is 0 Å². The predicted molar refractivity (Wildman–Crippen MR) is 202 cm³/mol. The fraction of sp³-hybridized carbons (Fsp3) is 0.524. The molecule has 6 amide bonds. The van der Waals surface area contributed by atoms with Crippen LogP contribution in [0.3, 0.4) is 0 Å². The third-order valence-electron chi connectivity index (χ3n) is 12.1. The van der Waals surface area contributed by atoms with Gasteiger partial charge in [-0.05, 0) is 98.8 Å². The summed E-state index contributed by atoms with van der Waals surface area (Å²) < 4.78 is 0. The normalized spacial score (nSPS) is 23.2. The Bertz CT molecular complexity index is 1910. The van der Waals surface area contributed by atoms with Crippen LogP contribution in [-0.4, -0.2) is 101 Å². The zero-order chi connectivity index (χ0) is 38.4. The van der Waals surface area contributed by atoms with Crippen molar-refractivity contribution in [1.82, 2.24) is 25.3 Å². The van der Waals surface area contributed by atoms with E-state index in [2.05, 4.69) is 60.4 Å². The minimum Gasteiger partial charge on any atom is -0.375 e. The first-order chi connectivity index (χ1) is 25.7. The molecule has 0 bridgehead atoms. The molecule has 2 aromatic rings. The zero-order valence-corrected chi connectivity index (χ0v) is 31.6. The first-order valence-corrected chi connectivity index (χ1v) is 19.2. The summed E-state index contributed by atoms with van der Waals surface area (Å²) in [5.74, 6) is 4.71. The lowest BCUT2D eigenvalue weighted by Crippen LogP contribution is -2.63. The fourth-order valence-electron chi connectivity index (χ4n) is 9.63. The number of anilines is 1. The summed E-state index contributed by atoms with van der Waals surface area (Å²) in [4.78, 5) is 82.1. The van der Waals surface area contributed by atoms with E-state index in [0.29, 0.717) is 36.3 Å². The van der Waals surface area contributed by atoms with Crippen LogP contribution in [0.25, 0.3) is 0 Å². The zero-order valence-electron chi connectivity index (χ0n) is 31.6. The minimum atomic E-state index is -1.05. The van der Waals surface area contributed by atoms with Gasteiger partial charge in [0.05, 0.1) is 17.7 Å². The molecule has 7 rings (SSSR count). The van der Waals surface area contributed by atoms with Crippen LogP contribution in [-0.2, 0) is 14.4 Å². The molecule has 12 nitrogen and oxygen atoms in total. The van der Waals surface area contributed by atoms with Crippen LogP contribution in [0.5, 0.6) is 0 Å². The van der Waals surface area contributed by atoms with E-state index in [0.717, 1.165) is 55.7 Å². The van der Waals surface area contributed by atoms with Gasteiger partial charge in [0.25, 0.3) is 17.7 Å². The van der Waals surface area contributed by atoms with Crippen molar-refractivity contribution in [2.45, 2.75) is 90.8 Å². The van der Waals surface area contributed by atoms with E-state index in [-0.39, 0.29) is 59.2 Å². The first kappa shape index (κ1) is 37.3. The molecule has 1 unspecified atom stereocenters. The van der Waals surface area contributed by atoms with Gasteiger partial charge in [0.2, 0.25) is 17.7 Å². The molecule has 4 heterocycles. The Hall–Kier alpha value is -5.02. The van der Waals surface area contributed by atoms with E-state index in [1.807, 2.05) is 29.2 Å². The molecule has 0 spiro atoms. The number of nitrogens with zero attached hydrogens (tertiary/aromatic N) is 3. The highest BCUT2D eigenvalue weighted by atomic mass is 16.2. The number of carbonyl (C=O) groups is 6. The van der Waals surface area contributed by atoms with Gasteiger partial charge in [0, 0.05) is 54.3 Å². The monoisotopic (exact) mass is 734 g/mol. The van der Waals surface area contributed by atoms with Crippen molar-refractivity contribution in [3.05, 3.63) is 64.7 Å². The van der Waals surface area contributed by atoms with Crippen molar-refractivity contribution in [3.8, 4) is 11.8 Å². The topological polar surface area (TPSA) is 148 Å². The Labute approximate surface area is 316 Å². The molecule has 1 saturated carbocycles. The minimum absolute atomic E-state index is 0.0296. The Kier molecular flexibility index (Phi) is 10.1. The van der Waals surface area contributed by atoms with E-state index < -0.39 is 29.7 Å². The average Bonchev–Trinajstić information content (AvgIpc) is 3.41. The van der Waals surface area contributed by atoms with Gasteiger partial charge in [-0.15, -0.1) is 0 Å². The molecule has 0 radical (unpaired) electrons. The molecule has 3 saturated heterocycles. The number of benzene rings is 2. The van der Waals surface area contributed by atoms with Gasteiger partial charge in [-0.3, -0.25) is 39.0 Å². The second-order valence-electron chi connectivity index (χ2n) is 16.9. The number of rotatable bonds is 7. The fourth-order valence-corrected chi connectivity index (χ4v) is 9.63. The number of likely N-dealkylation sites (tertiary alicyclic amines) is 2. The van der Waals surface area contributed by atoms with E-state index in [4.69, 9.17) is 0 Å². The summed E-state index contributed by atoms with van der Waals surface area (Å²) in [5.41, 5.74) is 2.45.